The first-order valence-electron chi connectivity index (χ1n) is 9.34. The molecule has 0 amide bonds. The molecular weight excluding hydrogens is 446 g/mol. The smallest absolute Gasteiger partial charge is 0.416 e. The van der Waals surface area contributed by atoms with Gasteiger partial charge in [-0.2, -0.15) is 26.3 Å². The maximum atomic E-state index is 13.4. The molecule has 1 aliphatic heterocycles. The summed E-state index contributed by atoms with van der Waals surface area (Å²) in [5.74, 6) is -2.12. The Morgan fingerprint density at radius 1 is 0.812 bits per heavy atom. The summed E-state index contributed by atoms with van der Waals surface area (Å²) >= 11 is 0. The highest BCUT2D eigenvalue weighted by Gasteiger charge is 2.41. The van der Waals surface area contributed by atoms with Gasteiger partial charge >= 0.3 is 24.3 Å². The lowest BCUT2D eigenvalue weighted by atomic mass is 10.0. The van der Waals surface area contributed by atoms with Gasteiger partial charge in [-0.25, -0.2) is 9.59 Å². The van der Waals surface area contributed by atoms with Gasteiger partial charge in [0.05, 0.1) is 24.3 Å². The Balaban J connectivity index is 2.88. The summed E-state index contributed by atoms with van der Waals surface area (Å²) in [6.07, 6.45) is -10.3. The van der Waals surface area contributed by atoms with Crippen molar-refractivity contribution in [2.24, 2.45) is 0 Å². The van der Waals surface area contributed by atoms with Gasteiger partial charge in [0.2, 0.25) is 0 Å². The summed E-state index contributed by atoms with van der Waals surface area (Å²) in [6, 6.07) is 0.784. The Hall–Kier alpha value is -3.18. The van der Waals surface area contributed by atoms with Gasteiger partial charge in [0.1, 0.15) is 0 Å². The highest BCUT2D eigenvalue weighted by molar-refractivity contribution is 6.03. The Labute approximate surface area is 179 Å². The summed E-state index contributed by atoms with van der Waals surface area (Å²) in [5.41, 5.74) is -4.72. The number of anilines is 1. The standard InChI is InChI=1S/C20H20F6N2O4/c1-5-31-17(29)15-10(3)27-11(4)16(18(30)32-6-2)28(15)14-8-12(19(21,22)23)7-13(9-14)20(24,25)26/h7-9,27H,5-6H2,1-4H3. The number of benzene rings is 1. The molecule has 1 aliphatic rings. The van der Waals surface area contributed by atoms with Gasteiger partial charge in [-0.1, -0.05) is 0 Å². The van der Waals surface area contributed by atoms with Gasteiger partial charge in [0, 0.05) is 17.1 Å². The van der Waals surface area contributed by atoms with E-state index in [-0.39, 0.29) is 30.7 Å². The Morgan fingerprint density at radius 2 is 1.19 bits per heavy atom. The number of nitrogens with zero attached hydrogens (tertiary/aromatic N) is 1. The van der Waals surface area contributed by atoms with Gasteiger partial charge in [-0.15, -0.1) is 0 Å². The zero-order valence-electron chi connectivity index (χ0n) is 17.5. The largest absolute Gasteiger partial charge is 0.461 e. The SMILES string of the molecule is CCOC(=O)C1=C(C)NC(C)=C(C(=O)OCC)N1c1cc(C(F)(F)F)cc(C(F)(F)F)c1. The van der Waals surface area contributed by atoms with Crippen LogP contribution in [0.2, 0.25) is 0 Å². The molecule has 0 atom stereocenters. The number of esters is 2. The lowest BCUT2D eigenvalue weighted by Crippen LogP contribution is -2.41. The predicted molar refractivity (Wildman–Crippen MR) is 101 cm³/mol. The van der Waals surface area contributed by atoms with Gasteiger partial charge in [0.15, 0.2) is 11.4 Å². The number of carbonyl (C=O) groups is 2. The molecule has 176 valence electrons. The van der Waals surface area contributed by atoms with Crippen LogP contribution in [0.1, 0.15) is 38.8 Å². The van der Waals surface area contributed by atoms with E-state index in [1.54, 1.807) is 0 Å². The highest BCUT2D eigenvalue weighted by Crippen LogP contribution is 2.41. The average Bonchev–Trinajstić information content (AvgIpc) is 2.65. The quantitative estimate of drug-likeness (QED) is 0.500. The number of allylic oxidation sites excluding steroid dienone is 2. The molecule has 2 rings (SSSR count). The third-order valence-electron chi connectivity index (χ3n) is 4.30. The first-order chi connectivity index (χ1) is 14.7. The second-order valence-electron chi connectivity index (χ2n) is 6.61. The van der Waals surface area contributed by atoms with Crippen LogP contribution < -0.4 is 10.2 Å². The zero-order valence-corrected chi connectivity index (χ0v) is 17.5. The van der Waals surface area contributed by atoms with Crippen LogP contribution in [0, 0.1) is 0 Å². The molecule has 12 heteroatoms. The van der Waals surface area contributed by atoms with Crippen molar-refractivity contribution in [3.63, 3.8) is 0 Å². The fraction of sp³-hybridized carbons (Fsp3) is 0.400. The number of hydrogen-bond donors (Lipinski definition) is 1. The van der Waals surface area contributed by atoms with Crippen LogP contribution in [-0.4, -0.2) is 25.2 Å². The molecule has 0 saturated heterocycles. The fourth-order valence-corrected chi connectivity index (χ4v) is 3.06. The zero-order chi connectivity index (χ0) is 24.4. The molecule has 1 aromatic rings. The van der Waals surface area contributed by atoms with E-state index >= 15 is 0 Å². The first kappa shape index (κ1) is 25.1. The molecule has 0 unspecified atom stereocenters. The van der Waals surface area contributed by atoms with E-state index in [0.717, 1.165) is 0 Å². The summed E-state index contributed by atoms with van der Waals surface area (Å²) in [4.78, 5) is 25.9. The van der Waals surface area contributed by atoms with Crippen LogP contribution in [0.25, 0.3) is 0 Å². The molecule has 0 bridgehead atoms. The monoisotopic (exact) mass is 466 g/mol. The van der Waals surface area contributed by atoms with Crippen molar-refractivity contribution < 1.29 is 45.4 Å². The molecule has 32 heavy (non-hydrogen) atoms. The number of alkyl halides is 6. The Bertz CT molecular complexity index is 907. The lowest BCUT2D eigenvalue weighted by molar-refractivity contribution is -0.143. The number of nitrogens with one attached hydrogen (secondary N) is 1. The molecule has 1 N–H and O–H groups in total. The second-order valence-corrected chi connectivity index (χ2v) is 6.61. The molecule has 0 spiro atoms. The molecule has 1 aromatic carbocycles. The maximum Gasteiger partial charge on any atom is 0.416 e. The van der Waals surface area contributed by atoms with E-state index in [2.05, 4.69) is 5.32 Å². The first-order valence-corrected chi connectivity index (χ1v) is 9.34. The molecule has 0 fully saturated rings. The van der Waals surface area contributed by atoms with Gasteiger partial charge in [-0.3, -0.25) is 4.90 Å². The van der Waals surface area contributed by atoms with Crippen LogP contribution >= 0.6 is 0 Å². The van der Waals surface area contributed by atoms with Crippen LogP contribution in [0.5, 0.6) is 0 Å². The van der Waals surface area contributed by atoms with Crippen LogP contribution in [-0.2, 0) is 31.4 Å². The van der Waals surface area contributed by atoms with Crippen molar-refractivity contribution in [1.82, 2.24) is 5.32 Å². The third-order valence-corrected chi connectivity index (χ3v) is 4.30. The van der Waals surface area contributed by atoms with Crippen molar-refractivity contribution in [2.75, 3.05) is 18.1 Å². The van der Waals surface area contributed by atoms with Gasteiger partial charge in [0.25, 0.3) is 0 Å². The highest BCUT2D eigenvalue weighted by atomic mass is 19.4. The van der Waals surface area contributed by atoms with Crippen LogP contribution in [0.3, 0.4) is 0 Å². The van der Waals surface area contributed by atoms with Crippen molar-refractivity contribution in [1.29, 1.82) is 0 Å². The Kier molecular flexibility index (Phi) is 7.16. The molecule has 0 saturated carbocycles. The Morgan fingerprint density at radius 3 is 1.50 bits per heavy atom. The van der Waals surface area contributed by atoms with Crippen molar-refractivity contribution in [3.8, 4) is 0 Å². The summed E-state index contributed by atoms with van der Waals surface area (Å²) in [7, 11) is 0. The van der Waals surface area contributed by atoms with Crippen molar-refractivity contribution in [3.05, 3.63) is 52.1 Å². The predicted octanol–water partition coefficient (Wildman–Crippen LogP) is 4.72. The second kappa shape index (κ2) is 9.13. The van der Waals surface area contributed by atoms with E-state index in [0.29, 0.717) is 17.0 Å². The molecule has 0 aromatic heterocycles. The van der Waals surface area contributed by atoms with E-state index in [1.807, 2.05) is 0 Å². The summed E-state index contributed by atoms with van der Waals surface area (Å²) in [6.45, 7) is 5.40. The number of hydrogen-bond acceptors (Lipinski definition) is 6. The average molecular weight is 466 g/mol. The number of carbonyl (C=O) groups excluding carboxylic acids is 2. The lowest BCUT2D eigenvalue weighted by Gasteiger charge is -2.34. The van der Waals surface area contributed by atoms with Crippen LogP contribution in [0.15, 0.2) is 41.0 Å². The summed E-state index contributed by atoms with van der Waals surface area (Å²) < 4.78 is 90.3. The summed E-state index contributed by atoms with van der Waals surface area (Å²) in [5, 5.41) is 2.72. The topological polar surface area (TPSA) is 67.9 Å². The maximum absolute atomic E-state index is 13.4. The van der Waals surface area contributed by atoms with E-state index in [4.69, 9.17) is 9.47 Å². The molecule has 0 radical (unpaired) electrons. The minimum atomic E-state index is -5.13. The van der Waals surface area contributed by atoms with Gasteiger partial charge in [-0.05, 0) is 45.9 Å². The van der Waals surface area contributed by atoms with E-state index < -0.39 is 52.5 Å². The molecule has 1 heterocycles. The van der Waals surface area contributed by atoms with Crippen LogP contribution in [0.4, 0.5) is 32.0 Å². The molecular formula is C20H20F6N2O4. The molecule has 0 aliphatic carbocycles. The van der Waals surface area contributed by atoms with E-state index in [1.165, 1.54) is 27.7 Å². The minimum Gasteiger partial charge on any atom is -0.461 e. The third kappa shape index (κ3) is 5.17. The van der Waals surface area contributed by atoms with E-state index in [9.17, 15) is 35.9 Å². The van der Waals surface area contributed by atoms with Crippen molar-refractivity contribution >= 4 is 17.6 Å². The number of ether oxygens (including phenoxy) is 2. The van der Waals surface area contributed by atoms with Gasteiger partial charge < -0.3 is 14.8 Å². The van der Waals surface area contributed by atoms with Crippen molar-refractivity contribution in [2.45, 2.75) is 40.0 Å². The number of halogens is 6. The minimum absolute atomic E-state index is 0.0487. The fourth-order valence-electron chi connectivity index (χ4n) is 3.06. The molecule has 6 nitrogen and oxygen atoms in total. The normalized spacial score (nSPS) is 15.0. The number of rotatable bonds is 5.